The zero-order valence-corrected chi connectivity index (χ0v) is 12.9. The van der Waals surface area contributed by atoms with Crippen molar-refractivity contribution in [2.75, 3.05) is 39.5 Å². The fourth-order valence-corrected chi connectivity index (χ4v) is 3.48. The molecule has 0 amide bonds. The van der Waals surface area contributed by atoms with Crippen LogP contribution in [0.15, 0.2) is 30.3 Å². The first-order valence-electron chi connectivity index (χ1n) is 8.37. The van der Waals surface area contributed by atoms with Gasteiger partial charge >= 0.3 is 0 Å². The van der Waals surface area contributed by atoms with Crippen molar-refractivity contribution in [2.24, 2.45) is 5.92 Å². The molecule has 2 heterocycles. The Morgan fingerprint density at radius 3 is 2.62 bits per heavy atom. The lowest BCUT2D eigenvalue weighted by molar-refractivity contribution is 0.0235. The van der Waals surface area contributed by atoms with E-state index in [-0.39, 0.29) is 0 Å². The van der Waals surface area contributed by atoms with Crippen LogP contribution in [0, 0.1) is 5.92 Å². The highest BCUT2D eigenvalue weighted by atomic mass is 16.5. The van der Waals surface area contributed by atoms with Gasteiger partial charge in [0.25, 0.3) is 0 Å². The molecule has 3 heteroatoms. The minimum Gasteiger partial charge on any atom is -0.379 e. The molecule has 0 aliphatic carbocycles. The third-order valence-electron chi connectivity index (χ3n) is 4.75. The van der Waals surface area contributed by atoms with Crippen LogP contribution in [0.25, 0.3) is 0 Å². The molecular weight excluding hydrogens is 262 g/mol. The van der Waals surface area contributed by atoms with Gasteiger partial charge in [0.05, 0.1) is 19.3 Å². The van der Waals surface area contributed by atoms with Crippen LogP contribution in [0.4, 0.5) is 0 Å². The standard InChI is InChI=1S/C18H27NO2/c1-2-5-16(6-3-1)15-17(18-7-4-12-21-18)8-9-19-10-13-20-14-11-19/h1-3,5-6,17-18H,4,7-15H2/t17-,18-/m1/s1. The summed E-state index contributed by atoms with van der Waals surface area (Å²) in [7, 11) is 0. The van der Waals surface area contributed by atoms with Gasteiger partial charge in [0.1, 0.15) is 0 Å². The molecule has 2 aliphatic rings. The maximum atomic E-state index is 5.98. The Bertz CT molecular complexity index is 397. The van der Waals surface area contributed by atoms with E-state index in [0.29, 0.717) is 12.0 Å². The lowest BCUT2D eigenvalue weighted by Crippen LogP contribution is -2.38. The normalized spacial score (nSPS) is 25.0. The molecule has 0 aromatic heterocycles. The van der Waals surface area contributed by atoms with E-state index < -0.39 is 0 Å². The van der Waals surface area contributed by atoms with Crippen LogP contribution >= 0.6 is 0 Å². The van der Waals surface area contributed by atoms with E-state index >= 15 is 0 Å². The van der Waals surface area contributed by atoms with Crippen molar-refractivity contribution < 1.29 is 9.47 Å². The smallest absolute Gasteiger partial charge is 0.0607 e. The van der Waals surface area contributed by atoms with Gasteiger partial charge in [0.15, 0.2) is 0 Å². The molecule has 3 nitrogen and oxygen atoms in total. The average molecular weight is 289 g/mol. The molecule has 1 aromatic carbocycles. The van der Waals surface area contributed by atoms with E-state index in [1.807, 2.05) is 0 Å². The van der Waals surface area contributed by atoms with Crippen LogP contribution < -0.4 is 0 Å². The van der Waals surface area contributed by atoms with Crippen molar-refractivity contribution in [3.8, 4) is 0 Å². The van der Waals surface area contributed by atoms with Crippen LogP contribution in [0.3, 0.4) is 0 Å². The lowest BCUT2D eigenvalue weighted by Gasteiger charge is -2.30. The Morgan fingerprint density at radius 2 is 1.90 bits per heavy atom. The van der Waals surface area contributed by atoms with Crippen LogP contribution in [0.5, 0.6) is 0 Å². The number of morpholine rings is 1. The Hall–Kier alpha value is -0.900. The van der Waals surface area contributed by atoms with Crippen molar-refractivity contribution in [1.82, 2.24) is 4.90 Å². The molecular formula is C18H27NO2. The molecule has 0 radical (unpaired) electrons. The predicted octanol–water partition coefficient (Wildman–Crippen LogP) is 2.75. The van der Waals surface area contributed by atoms with Crippen molar-refractivity contribution in [2.45, 2.75) is 31.8 Å². The molecule has 2 fully saturated rings. The van der Waals surface area contributed by atoms with E-state index in [2.05, 4.69) is 35.2 Å². The topological polar surface area (TPSA) is 21.7 Å². The molecule has 0 N–H and O–H groups in total. The Kier molecular flexibility index (Phi) is 5.67. The van der Waals surface area contributed by atoms with Gasteiger partial charge in [-0.2, -0.15) is 0 Å². The molecule has 2 atom stereocenters. The average Bonchev–Trinajstić information content (AvgIpc) is 3.08. The van der Waals surface area contributed by atoms with Crippen LogP contribution in [-0.2, 0) is 15.9 Å². The molecule has 0 bridgehead atoms. The highest BCUT2D eigenvalue weighted by Crippen LogP contribution is 2.26. The van der Waals surface area contributed by atoms with Gasteiger partial charge in [-0.1, -0.05) is 30.3 Å². The molecule has 2 saturated heterocycles. The Balaban J connectivity index is 1.56. The summed E-state index contributed by atoms with van der Waals surface area (Å²) >= 11 is 0. The summed E-state index contributed by atoms with van der Waals surface area (Å²) in [6.45, 7) is 6.09. The number of rotatable bonds is 6. The van der Waals surface area contributed by atoms with Crippen molar-refractivity contribution in [3.63, 3.8) is 0 Å². The maximum Gasteiger partial charge on any atom is 0.0607 e. The van der Waals surface area contributed by atoms with Gasteiger partial charge in [0, 0.05) is 19.7 Å². The van der Waals surface area contributed by atoms with Crippen molar-refractivity contribution >= 4 is 0 Å². The van der Waals surface area contributed by atoms with Crippen LogP contribution in [-0.4, -0.2) is 50.5 Å². The van der Waals surface area contributed by atoms with Gasteiger partial charge in [-0.05, 0) is 43.7 Å². The van der Waals surface area contributed by atoms with Crippen LogP contribution in [0.2, 0.25) is 0 Å². The summed E-state index contributed by atoms with van der Waals surface area (Å²) in [4.78, 5) is 2.54. The predicted molar refractivity (Wildman–Crippen MR) is 84.5 cm³/mol. The molecule has 1 aromatic rings. The minimum absolute atomic E-state index is 0.464. The second-order valence-corrected chi connectivity index (χ2v) is 6.24. The van der Waals surface area contributed by atoms with E-state index in [9.17, 15) is 0 Å². The molecule has 2 aliphatic heterocycles. The maximum absolute atomic E-state index is 5.98. The molecule has 116 valence electrons. The van der Waals surface area contributed by atoms with Crippen LogP contribution in [0.1, 0.15) is 24.8 Å². The molecule has 0 saturated carbocycles. The molecule has 0 spiro atoms. The third-order valence-corrected chi connectivity index (χ3v) is 4.75. The van der Waals surface area contributed by atoms with Gasteiger partial charge in [-0.15, -0.1) is 0 Å². The second kappa shape index (κ2) is 7.92. The summed E-state index contributed by atoms with van der Waals surface area (Å²) in [5.41, 5.74) is 1.44. The second-order valence-electron chi connectivity index (χ2n) is 6.24. The number of hydrogen-bond donors (Lipinski definition) is 0. The first-order chi connectivity index (χ1) is 10.4. The van der Waals surface area contributed by atoms with Gasteiger partial charge in [0.2, 0.25) is 0 Å². The zero-order chi connectivity index (χ0) is 14.3. The fraction of sp³-hybridized carbons (Fsp3) is 0.667. The van der Waals surface area contributed by atoms with E-state index in [0.717, 1.165) is 39.3 Å². The third kappa shape index (κ3) is 4.53. The monoisotopic (exact) mass is 289 g/mol. The van der Waals surface area contributed by atoms with E-state index in [1.165, 1.54) is 31.4 Å². The number of benzene rings is 1. The van der Waals surface area contributed by atoms with Gasteiger partial charge in [-0.25, -0.2) is 0 Å². The first-order valence-corrected chi connectivity index (χ1v) is 8.37. The highest BCUT2D eigenvalue weighted by molar-refractivity contribution is 5.15. The van der Waals surface area contributed by atoms with Gasteiger partial charge in [-0.3, -0.25) is 4.90 Å². The molecule has 0 unspecified atom stereocenters. The van der Waals surface area contributed by atoms with E-state index in [1.54, 1.807) is 0 Å². The highest BCUT2D eigenvalue weighted by Gasteiger charge is 2.26. The molecule has 21 heavy (non-hydrogen) atoms. The summed E-state index contributed by atoms with van der Waals surface area (Å²) in [6.07, 6.45) is 5.31. The van der Waals surface area contributed by atoms with Crippen molar-refractivity contribution in [3.05, 3.63) is 35.9 Å². The Labute approximate surface area is 128 Å². The summed E-state index contributed by atoms with van der Waals surface area (Å²) in [5, 5.41) is 0. The number of ether oxygens (including phenoxy) is 2. The lowest BCUT2D eigenvalue weighted by atomic mass is 9.89. The summed E-state index contributed by atoms with van der Waals surface area (Å²) < 4.78 is 11.4. The summed E-state index contributed by atoms with van der Waals surface area (Å²) in [6, 6.07) is 10.9. The number of nitrogens with zero attached hydrogens (tertiary/aromatic N) is 1. The fourth-order valence-electron chi connectivity index (χ4n) is 3.48. The Morgan fingerprint density at radius 1 is 1.10 bits per heavy atom. The quantitative estimate of drug-likeness (QED) is 0.804. The minimum atomic E-state index is 0.464. The largest absolute Gasteiger partial charge is 0.379 e. The van der Waals surface area contributed by atoms with E-state index in [4.69, 9.17) is 9.47 Å². The first kappa shape index (κ1) is 15.0. The SMILES string of the molecule is c1ccc(C[C@@H](CCN2CCOCC2)[C@H]2CCCO2)cc1. The van der Waals surface area contributed by atoms with Gasteiger partial charge < -0.3 is 9.47 Å². The molecule has 3 rings (SSSR count). The summed E-state index contributed by atoms with van der Waals surface area (Å²) in [5.74, 6) is 0.651. The zero-order valence-electron chi connectivity index (χ0n) is 12.9. The number of hydrogen-bond acceptors (Lipinski definition) is 3. The van der Waals surface area contributed by atoms with Crippen molar-refractivity contribution in [1.29, 1.82) is 0 Å².